The third-order valence-corrected chi connectivity index (χ3v) is 6.22. The van der Waals surface area contributed by atoms with E-state index in [1.807, 2.05) is 18.2 Å². The number of rotatable bonds is 8. The van der Waals surface area contributed by atoms with E-state index in [1.165, 1.54) is 20.3 Å². The summed E-state index contributed by atoms with van der Waals surface area (Å²) in [6.45, 7) is -0.357. The summed E-state index contributed by atoms with van der Waals surface area (Å²) in [5.41, 5.74) is 3.59. The second kappa shape index (κ2) is 10.8. The van der Waals surface area contributed by atoms with Crippen molar-refractivity contribution in [3.8, 4) is 5.75 Å². The zero-order chi connectivity index (χ0) is 20.6. The van der Waals surface area contributed by atoms with Crippen molar-refractivity contribution in [3.05, 3.63) is 98.0 Å². The number of ether oxygens (including phenoxy) is 1. The molecule has 3 aromatic carbocycles. The quantitative estimate of drug-likeness (QED) is 0.237. The molecular formula is C23H18BrIO3S. The molecular weight excluding hydrogens is 563 g/mol. The van der Waals surface area contributed by atoms with E-state index in [0.717, 1.165) is 15.1 Å². The Morgan fingerprint density at radius 1 is 1.03 bits per heavy atom. The Morgan fingerprint density at radius 3 is 2.48 bits per heavy atom. The van der Waals surface area contributed by atoms with Crippen LogP contribution in [0, 0.1) is 3.57 Å². The predicted molar refractivity (Wildman–Crippen MR) is 131 cm³/mol. The lowest BCUT2D eigenvalue weighted by atomic mass is 9.98. The molecule has 6 heteroatoms. The van der Waals surface area contributed by atoms with Gasteiger partial charge in [-0.25, -0.2) is 4.79 Å². The summed E-state index contributed by atoms with van der Waals surface area (Å²) in [4.78, 5) is 11.7. The van der Waals surface area contributed by atoms with Crippen LogP contribution >= 0.6 is 50.3 Å². The molecule has 0 spiro atoms. The van der Waals surface area contributed by atoms with Crippen LogP contribution in [0.4, 0.5) is 0 Å². The van der Waals surface area contributed by atoms with Gasteiger partial charge in [-0.3, -0.25) is 0 Å². The predicted octanol–water partition coefficient (Wildman–Crippen LogP) is 6.74. The van der Waals surface area contributed by atoms with Gasteiger partial charge >= 0.3 is 5.97 Å². The van der Waals surface area contributed by atoms with Gasteiger partial charge in [0.1, 0.15) is 5.75 Å². The standard InChI is InChI=1S/C23H18BrIO3S/c24-21-14-19(9-10-22(21)28-15-23(26)27)29-12-11-20(16-5-2-1-3-6-16)17-7-4-8-18(25)13-17/h1-11,13-14H,12,15H2,(H,26,27)/b20-11+. The highest BCUT2D eigenvalue weighted by atomic mass is 127. The van der Waals surface area contributed by atoms with Crippen LogP contribution in [0.15, 0.2) is 88.2 Å². The molecule has 3 nitrogen and oxygen atoms in total. The lowest BCUT2D eigenvalue weighted by Gasteiger charge is -2.10. The fourth-order valence-electron chi connectivity index (χ4n) is 2.73. The summed E-state index contributed by atoms with van der Waals surface area (Å²) >= 11 is 7.50. The van der Waals surface area contributed by atoms with Crippen LogP contribution in [-0.2, 0) is 4.79 Å². The SMILES string of the molecule is O=C(O)COc1ccc(SC/C=C(\c2ccccc2)c2cccc(I)c2)cc1Br. The second-order valence-corrected chi connectivity index (χ2v) is 9.27. The third-order valence-electron chi connectivity index (χ3n) is 4.01. The van der Waals surface area contributed by atoms with E-state index in [0.29, 0.717) is 5.75 Å². The molecule has 0 radical (unpaired) electrons. The molecule has 0 unspecified atom stereocenters. The number of carbonyl (C=O) groups is 1. The smallest absolute Gasteiger partial charge is 0.341 e. The summed E-state index contributed by atoms with van der Waals surface area (Å²) in [7, 11) is 0. The normalized spacial score (nSPS) is 11.3. The molecule has 3 aromatic rings. The van der Waals surface area contributed by atoms with Crippen molar-refractivity contribution in [3.63, 3.8) is 0 Å². The molecule has 0 saturated carbocycles. The summed E-state index contributed by atoms with van der Waals surface area (Å²) in [5.74, 6) is 0.331. The van der Waals surface area contributed by atoms with Gasteiger partial charge in [-0.1, -0.05) is 48.5 Å². The minimum absolute atomic E-state index is 0.357. The average molecular weight is 581 g/mol. The van der Waals surface area contributed by atoms with E-state index in [1.54, 1.807) is 17.8 Å². The highest BCUT2D eigenvalue weighted by molar-refractivity contribution is 14.1. The van der Waals surface area contributed by atoms with E-state index in [2.05, 4.69) is 93.1 Å². The van der Waals surface area contributed by atoms with Crippen LogP contribution in [-0.4, -0.2) is 23.4 Å². The zero-order valence-corrected chi connectivity index (χ0v) is 19.9. The topological polar surface area (TPSA) is 46.5 Å². The molecule has 0 amide bonds. The Hall–Kier alpha value is -1.77. The molecule has 0 heterocycles. The molecule has 0 atom stereocenters. The summed E-state index contributed by atoms with van der Waals surface area (Å²) < 4.78 is 7.20. The first-order chi connectivity index (χ1) is 14.0. The van der Waals surface area contributed by atoms with Crippen LogP contribution in [0.3, 0.4) is 0 Å². The number of carboxylic acids is 1. The van der Waals surface area contributed by atoms with Gasteiger partial charge in [0.25, 0.3) is 0 Å². The lowest BCUT2D eigenvalue weighted by Crippen LogP contribution is -2.09. The summed E-state index contributed by atoms with van der Waals surface area (Å²) in [6, 6.07) is 24.6. The lowest BCUT2D eigenvalue weighted by molar-refractivity contribution is -0.139. The third kappa shape index (κ3) is 6.62. The second-order valence-electron chi connectivity index (χ2n) is 6.08. The van der Waals surface area contributed by atoms with Gasteiger partial charge in [-0.05, 0) is 85.6 Å². The van der Waals surface area contributed by atoms with Crippen molar-refractivity contribution in [1.82, 2.24) is 0 Å². The maximum absolute atomic E-state index is 10.7. The zero-order valence-electron chi connectivity index (χ0n) is 15.3. The van der Waals surface area contributed by atoms with Crippen molar-refractivity contribution in [2.45, 2.75) is 4.90 Å². The van der Waals surface area contributed by atoms with Crippen LogP contribution in [0.2, 0.25) is 0 Å². The van der Waals surface area contributed by atoms with Crippen LogP contribution in [0.5, 0.6) is 5.75 Å². The number of hydrogen-bond acceptors (Lipinski definition) is 3. The van der Waals surface area contributed by atoms with Crippen molar-refractivity contribution >= 4 is 61.8 Å². The van der Waals surface area contributed by atoms with Crippen molar-refractivity contribution < 1.29 is 14.6 Å². The molecule has 0 aromatic heterocycles. The molecule has 29 heavy (non-hydrogen) atoms. The van der Waals surface area contributed by atoms with E-state index < -0.39 is 5.97 Å². The molecule has 0 saturated heterocycles. The number of hydrogen-bond donors (Lipinski definition) is 1. The number of thioether (sulfide) groups is 1. The monoisotopic (exact) mass is 580 g/mol. The summed E-state index contributed by atoms with van der Waals surface area (Å²) in [5, 5.41) is 8.74. The fraction of sp³-hybridized carbons (Fsp3) is 0.0870. The average Bonchev–Trinajstić information content (AvgIpc) is 2.71. The van der Waals surface area contributed by atoms with Gasteiger partial charge in [-0.15, -0.1) is 11.8 Å². The van der Waals surface area contributed by atoms with Crippen LogP contribution in [0.25, 0.3) is 5.57 Å². The first kappa shape index (κ1) is 21.9. The molecule has 0 aliphatic rings. The number of aliphatic carboxylic acids is 1. The van der Waals surface area contributed by atoms with Crippen molar-refractivity contribution in [1.29, 1.82) is 0 Å². The summed E-state index contributed by atoms with van der Waals surface area (Å²) in [6.07, 6.45) is 2.24. The number of benzene rings is 3. The largest absolute Gasteiger partial charge is 0.481 e. The van der Waals surface area contributed by atoms with E-state index in [9.17, 15) is 4.79 Å². The van der Waals surface area contributed by atoms with Gasteiger partial charge in [0.05, 0.1) is 4.47 Å². The van der Waals surface area contributed by atoms with E-state index >= 15 is 0 Å². The van der Waals surface area contributed by atoms with Crippen LogP contribution < -0.4 is 4.74 Å². The Morgan fingerprint density at radius 2 is 1.79 bits per heavy atom. The maximum Gasteiger partial charge on any atom is 0.341 e. The van der Waals surface area contributed by atoms with Crippen molar-refractivity contribution in [2.75, 3.05) is 12.4 Å². The minimum atomic E-state index is -0.996. The van der Waals surface area contributed by atoms with E-state index in [4.69, 9.17) is 9.84 Å². The number of halogens is 2. The van der Waals surface area contributed by atoms with Crippen molar-refractivity contribution in [2.24, 2.45) is 0 Å². The Kier molecular flexibility index (Phi) is 8.20. The van der Waals surface area contributed by atoms with Gasteiger partial charge in [0, 0.05) is 14.2 Å². The first-order valence-corrected chi connectivity index (χ1v) is 11.7. The first-order valence-electron chi connectivity index (χ1n) is 8.81. The molecule has 0 fully saturated rings. The highest BCUT2D eigenvalue weighted by Crippen LogP contribution is 2.32. The molecule has 0 aliphatic heterocycles. The Balaban J connectivity index is 1.76. The van der Waals surface area contributed by atoms with Crippen LogP contribution in [0.1, 0.15) is 11.1 Å². The van der Waals surface area contributed by atoms with Gasteiger partial charge < -0.3 is 9.84 Å². The van der Waals surface area contributed by atoms with E-state index in [-0.39, 0.29) is 6.61 Å². The Labute approximate surface area is 196 Å². The highest BCUT2D eigenvalue weighted by Gasteiger charge is 2.07. The van der Waals surface area contributed by atoms with Gasteiger partial charge in [-0.2, -0.15) is 0 Å². The molecule has 0 bridgehead atoms. The Bertz CT molecular complexity index is 1020. The molecule has 0 aliphatic carbocycles. The van der Waals surface area contributed by atoms with Gasteiger partial charge in [0.2, 0.25) is 0 Å². The fourth-order valence-corrected chi connectivity index (χ4v) is 4.72. The molecule has 1 N–H and O–H groups in total. The maximum atomic E-state index is 10.7. The number of carboxylic acid groups (broad SMARTS) is 1. The molecule has 148 valence electrons. The minimum Gasteiger partial charge on any atom is -0.481 e. The molecule has 3 rings (SSSR count). The van der Waals surface area contributed by atoms with Gasteiger partial charge in [0.15, 0.2) is 6.61 Å².